The van der Waals surface area contributed by atoms with Gasteiger partial charge in [0.15, 0.2) is 0 Å². The third kappa shape index (κ3) is 2.61. The van der Waals surface area contributed by atoms with Gasteiger partial charge in [-0.05, 0) is 67.8 Å². The number of nitrogens with zero attached hydrogens (tertiary/aromatic N) is 1. The van der Waals surface area contributed by atoms with E-state index in [1.165, 1.54) is 6.42 Å². The van der Waals surface area contributed by atoms with E-state index in [-0.39, 0.29) is 17.7 Å². The number of rotatable bonds is 4. The van der Waals surface area contributed by atoms with Gasteiger partial charge in [-0.3, -0.25) is 24.6 Å². The van der Waals surface area contributed by atoms with Gasteiger partial charge in [-0.25, -0.2) is 0 Å². The summed E-state index contributed by atoms with van der Waals surface area (Å²) in [4.78, 5) is 39.1. The molecule has 6 rings (SSSR count). The van der Waals surface area contributed by atoms with E-state index >= 15 is 0 Å². The summed E-state index contributed by atoms with van der Waals surface area (Å²) in [5.41, 5.74) is 0.243. The Morgan fingerprint density at radius 2 is 1.64 bits per heavy atom. The van der Waals surface area contributed by atoms with E-state index in [9.17, 15) is 19.5 Å². The molecule has 4 bridgehead atoms. The van der Waals surface area contributed by atoms with E-state index in [2.05, 4.69) is 5.32 Å². The minimum atomic E-state index is -1.14. The topological polar surface area (TPSA) is 86.7 Å². The molecule has 1 heterocycles. The Balaban J connectivity index is 1.52. The number of nitrogens with one attached hydrogen (secondary N) is 1. The summed E-state index contributed by atoms with van der Waals surface area (Å²) in [6.45, 7) is -0.543. The molecule has 5 fully saturated rings. The molecule has 2 amide bonds. The molecule has 1 aromatic rings. The number of imide groups is 1. The van der Waals surface area contributed by atoms with Crippen molar-refractivity contribution in [3.63, 3.8) is 0 Å². The van der Waals surface area contributed by atoms with Crippen LogP contribution in [0.1, 0.15) is 37.7 Å². The first kappa shape index (κ1) is 17.9. The van der Waals surface area contributed by atoms with Gasteiger partial charge in [-0.2, -0.15) is 0 Å². The van der Waals surface area contributed by atoms with Crippen LogP contribution in [0.3, 0.4) is 0 Å². The summed E-state index contributed by atoms with van der Waals surface area (Å²) in [7, 11) is 0. The Bertz CT molecular complexity index is 793. The molecule has 5 aliphatic rings. The number of carboxylic acids is 1. The van der Waals surface area contributed by atoms with Crippen LogP contribution in [0.2, 0.25) is 0 Å². The average Bonchev–Trinajstić information content (AvgIpc) is 2.66. The fraction of sp³-hybridized carbons (Fsp3) is 0.591. The highest BCUT2D eigenvalue weighted by molar-refractivity contribution is 6.07. The lowest BCUT2D eigenvalue weighted by Crippen LogP contribution is -2.79. The maximum atomic E-state index is 13.6. The summed E-state index contributed by atoms with van der Waals surface area (Å²) in [6, 6.07) is 9.17. The third-order valence-corrected chi connectivity index (χ3v) is 7.58. The first-order valence-electron chi connectivity index (χ1n) is 10.4. The highest BCUT2D eigenvalue weighted by Gasteiger charge is 2.65. The molecule has 2 N–H and O–H groups in total. The number of benzene rings is 1. The first-order valence-corrected chi connectivity index (χ1v) is 10.4. The van der Waals surface area contributed by atoms with E-state index in [0.717, 1.165) is 36.1 Å². The lowest BCUT2D eigenvalue weighted by Gasteiger charge is -2.63. The van der Waals surface area contributed by atoms with Gasteiger partial charge in [0.25, 0.3) is 5.91 Å². The molecule has 1 spiro atoms. The Morgan fingerprint density at radius 1 is 1.04 bits per heavy atom. The quantitative estimate of drug-likeness (QED) is 0.776. The van der Waals surface area contributed by atoms with Crippen molar-refractivity contribution in [2.75, 3.05) is 6.54 Å². The van der Waals surface area contributed by atoms with Crippen molar-refractivity contribution in [3.8, 4) is 0 Å². The molecule has 1 atom stereocenters. The minimum Gasteiger partial charge on any atom is -0.480 e. The molecule has 6 heteroatoms. The fourth-order valence-electron chi connectivity index (χ4n) is 6.71. The molecule has 1 aromatic carbocycles. The normalized spacial score (nSPS) is 39.0. The van der Waals surface area contributed by atoms with E-state index < -0.39 is 30.0 Å². The number of piperazine rings is 1. The predicted octanol–water partition coefficient (Wildman–Crippen LogP) is 1.84. The number of amides is 2. The van der Waals surface area contributed by atoms with Crippen molar-refractivity contribution in [2.45, 2.75) is 50.1 Å². The van der Waals surface area contributed by atoms with Crippen molar-refractivity contribution in [1.82, 2.24) is 10.2 Å². The second-order valence-electron chi connectivity index (χ2n) is 9.18. The van der Waals surface area contributed by atoms with Gasteiger partial charge >= 0.3 is 5.97 Å². The Morgan fingerprint density at radius 3 is 2.21 bits per heavy atom. The molecule has 148 valence electrons. The van der Waals surface area contributed by atoms with Crippen LogP contribution in [0.15, 0.2) is 30.3 Å². The van der Waals surface area contributed by atoms with Crippen LogP contribution < -0.4 is 5.32 Å². The lowest BCUT2D eigenvalue weighted by molar-refractivity contribution is -0.176. The Kier molecular flexibility index (Phi) is 4.09. The first-order chi connectivity index (χ1) is 13.5. The number of aliphatic carboxylic acids is 1. The summed E-state index contributed by atoms with van der Waals surface area (Å²) in [6.07, 6.45) is 5.79. The van der Waals surface area contributed by atoms with Crippen LogP contribution in [0.5, 0.6) is 0 Å². The smallest absolute Gasteiger partial charge is 0.323 e. The van der Waals surface area contributed by atoms with Crippen LogP contribution in [-0.4, -0.2) is 45.9 Å². The largest absolute Gasteiger partial charge is 0.480 e. The van der Waals surface area contributed by atoms with E-state index in [1.54, 1.807) is 0 Å². The minimum absolute atomic E-state index is 0.207. The van der Waals surface area contributed by atoms with Crippen molar-refractivity contribution in [3.05, 3.63) is 35.9 Å². The molecule has 4 saturated carbocycles. The van der Waals surface area contributed by atoms with Gasteiger partial charge in [0, 0.05) is 0 Å². The van der Waals surface area contributed by atoms with Gasteiger partial charge in [-0.1, -0.05) is 30.3 Å². The molecule has 1 saturated heterocycles. The van der Waals surface area contributed by atoms with Crippen molar-refractivity contribution in [2.24, 2.45) is 23.7 Å². The number of hydrogen-bond donors (Lipinski definition) is 2. The average molecular weight is 382 g/mol. The molecule has 1 aliphatic heterocycles. The van der Waals surface area contributed by atoms with Gasteiger partial charge in [-0.15, -0.1) is 0 Å². The van der Waals surface area contributed by atoms with Crippen LogP contribution in [0.4, 0.5) is 0 Å². The van der Waals surface area contributed by atoms with Crippen LogP contribution in [-0.2, 0) is 20.8 Å². The molecule has 4 aliphatic carbocycles. The molecule has 6 nitrogen and oxygen atoms in total. The van der Waals surface area contributed by atoms with E-state index in [4.69, 9.17) is 0 Å². The fourth-order valence-corrected chi connectivity index (χ4v) is 6.71. The summed E-state index contributed by atoms with van der Waals surface area (Å²) >= 11 is 0. The van der Waals surface area contributed by atoms with Crippen molar-refractivity contribution >= 4 is 17.8 Å². The van der Waals surface area contributed by atoms with E-state index in [1.807, 2.05) is 30.3 Å². The molecule has 0 aromatic heterocycles. The molecular weight excluding hydrogens is 356 g/mol. The second kappa shape index (κ2) is 6.41. The Hall–Kier alpha value is -2.21. The third-order valence-electron chi connectivity index (χ3n) is 7.58. The molecule has 28 heavy (non-hydrogen) atoms. The summed E-state index contributed by atoms with van der Waals surface area (Å²) in [5, 5.41) is 12.9. The van der Waals surface area contributed by atoms with Crippen LogP contribution in [0, 0.1) is 23.7 Å². The zero-order valence-electron chi connectivity index (χ0n) is 15.8. The monoisotopic (exact) mass is 382 g/mol. The zero-order chi connectivity index (χ0) is 19.5. The number of hydrogen-bond acceptors (Lipinski definition) is 4. The standard InChI is InChI=1S/C22H26N2O4/c25-19(26)12-24-20(27)18(11-13-4-2-1-3-5-13)23-22(21(24)28)16-7-14-6-15(9-16)10-17(22)8-14/h1-5,14-18,23H,6-12H2,(H,25,26)/t14?,15?,16?,17?,18-,22?/m1/s1. The predicted molar refractivity (Wildman–Crippen MR) is 101 cm³/mol. The maximum absolute atomic E-state index is 13.6. The van der Waals surface area contributed by atoms with Gasteiger partial charge in [0.1, 0.15) is 12.1 Å². The van der Waals surface area contributed by atoms with Crippen molar-refractivity contribution < 1.29 is 19.5 Å². The van der Waals surface area contributed by atoms with Gasteiger partial charge < -0.3 is 5.11 Å². The molecule has 0 radical (unpaired) electrons. The van der Waals surface area contributed by atoms with Gasteiger partial charge in [0.05, 0.1) is 6.04 Å². The van der Waals surface area contributed by atoms with E-state index in [0.29, 0.717) is 18.3 Å². The number of carbonyl (C=O) groups excluding carboxylic acids is 2. The lowest BCUT2D eigenvalue weighted by atomic mass is 9.47. The number of carbonyl (C=O) groups is 3. The summed E-state index contributed by atoms with van der Waals surface area (Å²) in [5.74, 6) is -0.0609. The highest BCUT2D eigenvalue weighted by atomic mass is 16.4. The van der Waals surface area contributed by atoms with Crippen molar-refractivity contribution in [1.29, 1.82) is 0 Å². The molecule has 0 unspecified atom stereocenters. The molecular formula is C22H26N2O4. The van der Waals surface area contributed by atoms with Crippen LogP contribution in [0.25, 0.3) is 0 Å². The second-order valence-corrected chi connectivity index (χ2v) is 9.18. The maximum Gasteiger partial charge on any atom is 0.323 e. The summed E-state index contributed by atoms with van der Waals surface area (Å²) < 4.78 is 0. The van der Waals surface area contributed by atoms with Gasteiger partial charge in [0.2, 0.25) is 5.91 Å². The zero-order valence-corrected chi connectivity index (χ0v) is 15.8. The SMILES string of the molecule is O=C(O)CN1C(=O)[C@@H](Cc2ccccc2)NC2(C1=O)C1CC3CC(C1)CC2C3. The highest BCUT2D eigenvalue weighted by Crippen LogP contribution is 2.59. The van der Waals surface area contributed by atoms with Crippen LogP contribution >= 0.6 is 0 Å². The number of carboxylic acid groups (broad SMARTS) is 1. The Labute approximate surface area is 164 Å².